The highest BCUT2D eigenvalue weighted by Crippen LogP contribution is 2.27. The molecular weight excluding hydrogens is 330 g/mol. The highest BCUT2D eigenvalue weighted by molar-refractivity contribution is 6.34. The van der Waals surface area contributed by atoms with Crippen LogP contribution >= 0.6 is 11.6 Å². The molecule has 2 heterocycles. The van der Waals surface area contributed by atoms with E-state index in [4.69, 9.17) is 22.1 Å². The molecule has 0 unspecified atom stereocenters. The van der Waals surface area contributed by atoms with Crippen LogP contribution in [0, 0.1) is 0 Å². The molecule has 24 heavy (non-hydrogen) atoms. The Hall–Kier alpha value is -2.38. The third-order valence-electron chi connectivity index (χ3n) is 3.79. The molecule has 1 fully saturated rings. The number of rotatable bonds is 3. The van der Waals surface area contributed by atoms with Crippen molar-refractivity contribution in [1.82, 2.24) is 14.9 Å². The lowest BCUT2D eigenvalue weighted by atomic mass is 10.1. The fourth-order valence-corrected chi connectivity index (χ4v) is 2.79. The summed E-state index contributed by atoms with van der Waals surface area (Å²) in [5, 5.41) is 3.31. The molecular formula is C16H18ClN5O2. The molecule has 3 N–H and O–H groups in total. The van der Waals surface area contributed by atoms with Crippen LogP contribution in [0.3, 0.4) is 0 Å². The fraction of sp³-hybridized carbons (Fsp3) is 0.312. The number of anilines is 2. The number of hydrogen-bond acceptors (Lipinski definition) is 6. The van der Waals surface area contributed by atoms with Gasteiger partial charge in [0.25, 0.3) is 5.91 Å². The number of carbonyl (C=O) groups is 1. The van der Waals surface area contributed by atoms with Crippen molar-refractivity contribution in [1.29, 1.82) is 0 Å². The molecule has 0 bridgehead atoms. The summed E-state index contributed by atoms with van der Waals surface area (Å²) in [5.41, 5.74) is 7.59. The number of nitrogens with zero attached hydrogens (tertiary/aromatic N) is 3. The van der Waals surface area contributed by atoms with Crippen LogP contribution in [0.4, 0.5) is 11.8 Å². The predicted molar refractivity (Wildman–Crippen MR) is 93.2 cm³/mol. The highest BCUT2D eigenvalue weighted by atomic mass is 35.5. The monoisotopic (exact) mass is 347 g/mol. The van der Waals surface area contributed by atoms with E-state index in [1.165, 1.54) is 0 Å². The molecule has 2 aromatic rings. The third kappa shape index (κ3) is 3.42. The number of morpholine rings is 1. The molecule has 1 aromatic heterocycles. The Morgan fingerprint density at radius 2 is 2.04 bits per heavy atom. The van der Waals surface area contributed by atoms with Gasteiger partial charge in [0.15, 0.2) is 0 Å². The van der Waals surface area contributed by atoms with Gasteiger partial charge in [-0.1, -0.05) is 17.7 Å². The van der Waals surface area contributed by atoms with Crippen LogP contribution in [0.25, 0.3) is 11.3 Å². The van der Waals surface area contributed by atoms with Crippen LogP contribution < -0.4 is 11.1 Å². The fourth-order valence-electron chi connectivity index (χ4n) is 2.53. The Kier molecular flexibility index (Phi) is 4.82. The second-order valence-electron chi connectivity index (χ2n) is 5.35. The number of halogens is 1. The van der Waals surface area contributed by atoms with E-state index in [1.807, 2.05) is 0 Å². The van der Waals surface area contributed by atoms with Crippen LogP contribution in [0.2, 0.25) is 5.02 Å². The topological polar surface area (TPSA) is 93.4 Å². The zero-order chi connectivity index (χ0) is 17.1. The van der Waals surface area contributed by atoms with Crippen molar-refractivity contribution in [3.05, 3.63) is 34.9 Å². The molecule has 1 amide bonds. The van der Waals surface area contributed by atoms with Gasteiger partial charge in [0.2, 0.25) is 5.95 Å². The number of aromatic nitrogens is 2. The first-order valence-electron chi connectivity index (χ1n) is 7.58. The van der Waals surface area contributed by atoms with Gasteiger partial charge >= 0.3 is 0 Å². The highest BCUT2D eigenvalue weighted by Gasteiger charge is 2.21. The van der Waals surface area contributed by atoms with Crippen molar-refractivity contribution in [2.45, 2.75) is 0 Å². The van der Waals surface area contributed by atoms with Crippen molar-refractivity contribution < 1.29 is 9.53 Å². The Labute approximate surface area is 144 Å². The smallest absolute Gasteiger partial charge is 0.255 e. The molecule has 0 radical (unpaired) electrons. The molecule has 7 nitrogen and oxygen atoms in total. The van der Waals surface area contributed by atoms with E-state index >= 15 is 0 Å². The summed E-state index contributed by atoms with van der Waals surface area (Å²) in [6.45, 7) is 2.25. The molecule has 0 aliphatic carbocycles. The van der Waals surface area contributed by atoms with Crippen molar-refractivity contribution in [2.75, 3.05) is 44.4 Å². The first kappa shape index (κ1) is 16.5. The van der Waals surface area contributed by atoms with Crippen molar-refractivity contribution >= 4 is 29.3 Å². The summed E-state index contributed by atoms with van der Waals surface area (Å²) in [4.78, 5) is 22.6. The number of benzene rings is 1. The average Bonchev–Trinajstić information content (AvgIpc) is 2.61. The van der Waals surface area contributed by atoms with Crippen molar-refractivity contribution in [2.24, 2.45) is 0 Å². The molecule has 0 spiro atoms. The van der Waals surface area contributed by atoms with E-state index in [9.17, 15) is 4.79 Å². The van der Waals surface area contributed by atoms with Crippen LogP contribution in [-0.2, 0) is 4.74 Å². The number of ether oxygens (including phenoxy) is 1. The normalized spacial score (nSPS) is 14.5. The zero-order valence-corrected chi connectivity index (χ0v) is 14.0. The van der Waals surface area contributed by atoms with E-state index < -0.39 is 0 Å². The number of nitrogen functional groups attached to an aromatic ring is 1. The first-order chi connectivity index (χ1) is 11.6. The summed E-state index contributed by atoms with van der Waals surface area (Å²) in [6, 6.07) is 7.01. The summed E-state index contributed by atoms with van der Waals surface area (Å²) in [5.74, 6) is 0.691. The molecule has 1 aliphatic heterocycles. The van der Waals surface area contributed by atoms with E-state index in [2.05, 4.69) is 15.3 Å². The standard InChI is InChI=1S/C16H18ClN5O2/c1-19-14-9-13(20-16(18)21-14)10-2-3-11(12(17)8-10)15(23)22-4-6-24-7-5-22/h2-3,8-9H,4-7H2,1H3,(H3,18,19,20,21). The van der Waals surface area contributed by atoms with Gasteiger partial charge in [0, 0.05) is 31.8 Å². The molecule has 8 heteroatoms. The number of amides is 1. The maximum atomic E-state index is 12.6. The van der Waals surface area contributed by atoms with Crippen molar-refractivity contribution in [3.8, 4) is 11.3 Å². The lowest BCUT2D eigenvalue weighted by Gasteiger charge is -2.27. The minimum absolute atomic E-state index is 0.0898. The molecule has 0 atom stereocenters. The third-order valence-corrected chi connectivity index (χ3v) is 4.11. The summed E-state index contributed by atoms with van der Waals surface area (Å²) in [7, 11) is 1.75. The number of hydrogen-bond donors (Lipinski definition) is 2. The summed E-state index contributed by atoms with van der Waals surface area (Å²) >= 11 is 6.34. The summed E-state index contributed by atoms with van der Waals surface area (Å²) < 4.78 is 5.27. The Morgan fingerprint density at radius 1 is 1.29 bits per heavy atom. The van der Waals surface area contributed by atoms with Crippen LogP contribution in [0.5, 0.6) is 0 Å². The number of carbonyl (C=O) groups excluding carboxylic acids is 1. The van der Waals surface area contributed by atoms with Gasteiger partial charge in [-0.05, 0) is 12.1 Å². The number of nitrogens with one attached hydrogen (secondary N) is 1. The second-order valence-corrected chi connectivity index (χ2v) is 5.75. The second kappa shape index (κ2) is 7.02. The van der Waals surface area contributed by atoms with Gasteiger partial charge < -0.3 is 20.7 Å². The quantitative estimate of drug-likeness (QED) is 0.880. The van der Waals surface area contributed by atoms with Gasteiger partial charge in [-0.15, -0.1) is 0 Å². The maximum absolute atomic E-state index is 12.6. The van der Waals surface area contributed by atoms with Crippen LogP contribution in [0.1, 0.15) is 10.4 Å². The van der Waals surface area contributed by atoms with Gasteiger partial charge in [-0.3, -0.25) is 4.79 Å². The van der Waals surface area contributed by atoms with Crippen molar-refractivity contribution in [3.63, 3.8) is 0 Å². The Bertz CT molecular complexity index is 762. The van der Waals surface area contributed by atoms with Gasteiger partial charge in [0.05, 0.1) is 29.5 Å². The average molecular weight is 348 g/mol. The predicted octanol–water partition coefficient (Wildman–Crippen LogP) is 1.89. The molecule has 3 rings (SSSR count). The SMILES string of the molecule is CNc1cc(-c2ccc(C(=O)N3CCOCC3)c(Cl)c2)nc(N)n1. The van der Waals surface area contributed by atoms with Crippen LogP contribution in [-0.4, -0.2) is 54.1 Å². The lowest BCUT2D eigenvalue weighted by Crippen LogP contribution is -2.40. The summed E-state index contributed by atoms with van der Waals surface area (Å²) in [6.07, 6.45) is 0. The zero-order valence-electron chi connectivity index (χ0n) is 13.3. The molecule has 0 saturated carbocycles. The molecule has 1 saturated heterocycles. The minimum atomic E-state index is -0.0898. The van der Waals surface area contributed by atoms with Gasteiger partial charge in [-0.2, -0.15) is 4.98 Å². The largest absolute Gasteiger partial charge is 0.378 e. The molecule has 1 aliphatic rings. The van der Waals surface area contributed by atoms with E-state index in [-0.39, 0.29) is 11.9 Å². The molecule has 1 aromatic carbocycles. The van der Waals surface area contributed by atoms with Gasteiger partial charge in [0.1, 0.15) is 5.82 Å². The van der Waals surface area contributed by atoms with E-state index in [0.717, 1.165) is 5.56 Å². The van der Waals surface area contributed by atoms with Crippen LogP contribution in [0.15, 0.2) is 24.3 Å². The molecule has 126 valence electrons. The lowest BCUT2D eigenvalue weighted by molar-refractivity contribution is 0.0303. The Balaban J connectivity index is 1.89. The maximum Gasteiger partial charge on any atom is 0.255 e. The Morgan fingerprint density at radius 3 is 2.71 bits per heavy atom. The number of nitrogens with two attached hydrogens (primary N) is 1. The van der Waals surface area contributed by atoms with E-state index in [1.54, 1.807) is 36.2 Å². The van der Waals surface area contributed by atoms with E-state index in [0.29, 0.717) is 48.4 Å². The first-order valence-corrected chi connectivity index (χ1v) is 7.95. The van der Waals surface area contributed by atoms with Gasteiger partial charge in [-0.25, -0.2) is 4.98 Å². The minimum Gasteiger partial charge on any atom is -0.378 e.